The van der Waals surface area contributed by atoms with E-state index in [-0.39, 0.29) is 6.10 Å². The molecule has 0 saturated carbocycles. The van der Waals surface area contributed by atoms with E-state index in [1.54, 1.807) is 11.3 Å². The lowest BCUT2D eigenvalue weighted by Gasteiger charge is -2.33. The fourth-order valence-electron chi connectivity index (χ4n) is 2.93. The van der Waals surface area contributed by atoms with Gasteiger partial charge in [-0.1, -0.05) is 12.1 Å². The van der Waals surface area contributed by atoms with Crippen molar-refractivity contribution in [3.63, 3.8) is 0 Å². The van der Waals surface area contributed by atoms with Gasteiger partial charge in [0.15, 0.2) is 11.6 Å². The van der Waals surface area contributed by atoms with E-state index in [0.717, 1.165) is 41.4 Å². The zero-order valence-corrected chi connectivity index (χ0v) is 14.5. The molecule has 7 nitrogen and oxygen atoms in total. The first-order chi connectivity index (χ1) is 11.7. The predicted molar refractivity (Wildman–Crippen MR) is 91.5 cm³/mol. The molecule has 1 aliphatic rings. The van der Waals surface area contributed by atoms with Crippen LogP contribution in [0.1, 0.15) is 24.5 Å². The average molecular weight is 345 g/mol. The van der Waals surface area contributed by atoms with Crippen molar-refractivity contribution >= 4 is 27.4 Å². The van der Waals surface area contributed by atoms with Crippen LogP contribution in [-0.4, -0.2) is 45.9 Å². The van der Waals surface area contributed by atoms with Crippen molar-refractivity contribution in [2.45, 2.75) is 32.8 Å². The first kappa shape index (κ1) is 15.5. The van der Waals surface area contributed by atoms with Gasteiger partial charge in [-0.2, -0.15) is 4.98 Å². The van der Waals surface area contributed by atoms with Gasteiger partial charge in [-0.3, -0.25) is 0 Å². The Hall–Kier alpha value is -2.06. The van der Waals surface area contributed by atoms with Crippen molar-refractivity contribution in [1.29, 1.82) is 0 Å². The fraction of sp³-hybridized carbons (Fsp3) is 0.500. The van der Waals surface area contributed by atoms with Crippen molar-refractivity contribution in [3.05, 3.63) is 29.0 Å². The Morgan fingerprint density at radius 3 is 3.08 bits per heavy atom. The van der Waals surface area contributed by atoms with Gasteiger partial charge in [-0.25, -0.2) is 9.97 Å². The molecular formula is C16H19N5O2S. The molecule has 4 rings (SSSR count). The third kappa shape index (κ3) is 2.99. The third-order valence-corrected chi connectivity index (χ3v) is 4.96. The van der Waals surface area contributed by atoms with E-state index in [2.05, 4.69) is 30.4 Å². The lowest BCUT2D eigenvalue weighted by atomic mass is 10.2. The number of hydrogen-bond acceptors (Lipinski definition) is 8. The Morgan fingerprint density at radius 1 is 1.33 bits per heavy atom. The Kier molecular flexibility index (Phi) is 4.15. The van der Waals surface area contributed by atoms with Crippen molar-refractivity contribution in [3.8, 4) is 0 Å². The van der Waals surface area contributed by atoms with Crippen LogP contribution in [-0.2, 0) is 17.6 Å². The van der Waals surface area contributed by atoms with Crippen molar-refractivity contribution in [2.75, 3.05) is 24.6 Å². The monoisotopic (exact) mass is 345 g/mol. The molecule has 1 saturated heterocycles. The molecule has 0 aliphatic carbocycles. The number of hydrogen-bond donors (Lipinski definition) is 0. The van der Waals surface area contributed by atoms with E-state index in [4.69, 9.17) is 9.26 Å². The molecule has 0 N–H and O–H groups in total. The molecule has 1 unspecified atom stereocenters. The van der Waals surface area contributed by atoms with Gasteiger partial charge in [0.05, 0.1) is 22.9 Å². The molecule has 24 heavy (non-hydrogen) atoms. The second-order valence-electron chi connectivity index (χ2n) is 5.83. The normalized spacial score (nSPS) is 18.4. The molecule has 1 aliphatic heterocycles. The maximum Gasteiger partial charge on any atom is 0.226 e. The third-order valence-electron chi connectivity index (χ3n) is 4.06. The molecule has 8 heteroatoms. The molecule has 0 amide bonds. The van der Waals surface area contributed by atoms with Crippen molar-refractivity contribution in [2.24, 2.45) is 0 Å². The summed E-state index contributed by atoms with van der Waals surface area (Å²) < 4.78 is 12.2. The summed E-state index contributed by atoms with van der Waals surface area (Å²) in [6, 6.07) is 2.04. The van der Waals surface area contributed by atoms with E-state index >= 15 is 0 Å². The first-order valence-electron chi connectivity index (χ1n) is 8.12. The summed E-state index contributed by atoms with van der Waals surface area (Å²) in [5.41, 5.74) is 1.01. The Balaban J connectivity index is 1.54. The van der Waals surface area contributed by atoms with Crippen LogP contribution in [0.25, 0.3) is 10.2 Å². The summed E-state index contributed by atoms with van der Waals surface area (Å²) >= 11 is 1.68. The van der Waals surface area contributed by atoms with Gasteiger partial charge in [0.2, 0.25) is 5.89 Å². The molecule has 0 bridgehead atoms. The topological polar surface area (TPSA) is 77.2 Å². The molecule has 4 heterocycles. The van der Waals surface area contributed by atoms with Crippen LogP contribution in [0.2, 0.25) is 0 Å². The van der Waals surface area contributed by atoms with Crippen LogP contribution in [0.15, 0.2) is 16.0 Å². The molecule has 1 fully saturated rings. The number of fused-ring (bicyclic) bond motifs is 1. The smallest absolute Gasteiger partial charge is 0.226 e. The van der Waals surface area contributed by atoms with E-state index in [1.807, 2.05) is 19.9 Å². The predicted octanol–water partition coefficient (Wildman–Crippen LogP) is 2.39. The quantitative estimate of drug-likeness (QED) is 0.718. The Bertz CT molecular complexity index is 846. The highest BCUT2D eigenvalue weighted by atomic mass is 32.1. The van der Waals surface area contributed by atoms with Crippen LogP contribution in [0.5, 0.6) is 0 Å². The number of anilines is 1. The number of nitrogens with zero attached hydrogens (tertiary/aromatic N) is 5. The summed E-state index contributed by atoms with van der Waals surface area (Å²) in [7, 11) is 0. The summed E-state index contributed by atoms with van der Waals surface area (Å²) in [4.78, 5) is 15.8. The number of aryl methyl sites for hydroxylation is 2. The summed E-state index contributed by atoms with van der Waals surface area (Å²) in [6.07, 6.45) is 1.44. The number of thiophene rings is 1. The summed E-state index contributed by atoms with van der Waals surface area (Å²) in [5.74, 6) is 3.18. The highest BCUT2D eigenvalue weighted by Crippen LogP contribution is 2.30. The standard InChI is InChI=1S/C16H19N5O2S/c1-3-14-19-13(20-23-14)8-11-9-21(5-6-22-11)16-15-12(4-7-24-15)17-10(2)18-16/h4,7,11H,3,5-6,8-9H2,1-2H3. The molecular weight excluding hydrogens is 326 g/mol. The van der Waals surface area contributed by atoms with Gasteiger partial charge in [0.1, 0.15) is 5.82 Å². The lowest BCUT2D eigenvalue weighted by Crippen LogP contribution is -2.44. The highest BCUT2D eigenvalue weighted by Gasteiger charge is 2.25. The molecule has 0 spiro atoms. The van der Waals surface area contributed by atoms with E-state index < -0.39 is 0 Å². The van der Waals surface area contributed by atoms with Gasteiger partial charge in [-0.15, -0.1) is 11.3 Å². The van der Waals surface area contributed by atoms with E-state index in [1.165, 1.54) is 0 Å². The minimum absolute atomic E-state index is 0.0336. The van der Waals surface area contributed by atoms with Crippen LogP contribution >= 0.6 is 11.3 Å². The zero-order valence-electron chi connectivity index (χ0n) is 13.7. The SMILES string of the molecule is CCc1nc(CC2CN(c3nc(C)nc4ccsc34)CCO2)no1. The first-order valence-corrected chi connectivity index (χ1v) is 9.00. The van der Waals surface area contributed by atoms with Gasteiger partial charge in [0, 0.05) is 25.9 Å². The summed E-state index contributed by atoms with van der Waals surface area (Å²) in [5, 5.41) is 6.09. The maximum atomic E-state index is 5.90. The number of aromatic nitrogens is 4. The minimum Gasteiger partial charge on any atom is -0.374 e. The second kappa shape index (κ2) is 6.45. The Labute approximate surface area is 143 Å². The van der Waals surface area contributed by atoms with Crippen LogP contribution < -0.4 is 4.90 Å². The largest absolute Gasteiger partial charge is 0.374 e. The van der Waals surface area contributed by atoms with Gasteiger partial charge >= 0.3 is 0 Å². The molecule has 126 valence electrons. The van der Waals surface area contributed by atoms with Crippen molar-refractivity contribution < 1.29 is 9.26 Å². The molecule has 0 aromatic carbocycles. The van der Waals surface area contributed by atoms with Crippen molar-refractivity contribution in [1.82, 2.24) is 20.1 Å². The van der Waals surface area contributed by atoms with Gasteiger partial charge in [-0.05, 0) is 18.4 Å². The summed E-state index contributed by atoms with van der Waals surface area (Å²) in [6.45, 7) is 6.19. The highest BCUT2D eigenvalue weighted by molar-refractivity contribution is 7.17. The van der Waals surface area contributed by atoms with Crippen LogP contribution in [0.3, 0.4) is 0 Å². The Morgan fingerprint density at radius 2 is 2.25 bits per heavy atom. The lowest BCUT2D eigenvalue weighted by molar-refractivity contribution is 0.0393. The molecule has 3 aromatic heterocycles. The molecule has 0 radical (unpaired) electrons. The maximum absolute atomic E-state index is 5.90. The average Bonchev–Trinajstić information content (AvgIpc) is 3.23. The van der Waals surface area contributed by atoms with Crippen LogP contribution in [0, 0.1) is 6.92 Å². The van der Waals surface area contributed by atoms with E-state index in [0.29, 0.717) is 24.7 Å². The second-order valence-corrected chi connectivity index (χ2v) is 6.75. The van der Waals surface area contributed by atoms with Gasteiger partial charge < -0.3 is 14.2 Å². The van der Waals surface area contributed by atoms with Gasteiger partial charge in [0.25, 0.3) is 0 Å². The van der Waals surface area contributed by atoms with Crippen LogP contribution in [0.4, 0.5) is 5.82 Å². The number of rotatable bonds is 4. The number of ether oxygens (including phenoxy) is 1. The molecule has 1 atom stereocenters. The number of morpholine rings is 1. The minimum atomic E-state index is 0.0336. The van der Waals surface area contributed by atoms with E-state index in [9.17, 15) is 0 Å². The zero-order chi connectivity index (χ0) is 16.5. The molecule has 3 aromatic rings. The fourth-order valence-corrected chi connectivity index (χ4v) is 3.78.